The molecular formula is C25H23Cl2NO. The van der Waals surface area contributed by atoms with Crippen LogP contribution in [0.1, 0.15) is 35.1 Å². The SMILES string of the molecule is O=C(CC1(c2ccc(Cl)cc2)CCc2ccc(Cl)cc21)NCCc1ccccc1. The highest BCUT2D eigenvalue weighted by Crippen LogP contribution is 2.47. The van der Waals surface area contributed by atoms with Crippen LogP contribution in [0.25, 0.3) is 0 Å². The molecular weight excluding hydrogens is 401 g/mol. The van der Waals surface area contributed by atoms with E-state index in [1.54, 1.807) is 0 Å². The molecule has 1 N–H and O–H groups in total. The highest BCUT2D eigenvalue weighted by atomic mass is 35.5. The first kappa shape index (κ1) is 20.0. The fourth-order valence-electron chi connectivity index (χ4n) is 4.38. The van der Waals surface area contributed by atoms with Crippen LogP contribution in [-0.2, 0) is 23.1 Å². The Hall–Kier alpha value is -2.29. The maximum atomic E-state index is 13.0. The van der Waals surface area contributed by atoms with Gasteiger partial charge in [-0.05, 0) is 65.8 Å². The van der Waals surface area contributed by atoms with Gasteiger partial charge in [0, 0.05) is 28.4 Å². The van der Waals surface area contributed by atoms with Gasteiger partial charge in [-0.3, -0.25) is 4.79 Å². The minimum absolute atomic E-state index is 0.0590. The number of benzene rings is 3. The number of nitrogens with one attached hydrogen (secondary N) is 1. The topological polar surface area (TPSA) is 29.1 Å². The van der Waals surface area contributed by atoms with Crippen molar-refractivity contribution in [3.63, 3.8) is 0 Å². The number of aryl methyl sites for hydroxylation is 1. The first-order valence-electron chi connectivity index (χ1n) is 9.92. The van der Waals surface area contributed by atoms with Crippen LogP contribution >= 0.6 is 23.2 Å². The van der Waals surface area contributed by atoms with Crippen molar-refractivity contribution in [1.82, 2.24) is 5.32 Å². The average molecular weight is 424 g/mol. The number of carbonyl (C=O) groups is 1. The van der Waals surface area contributed by atoms with Gasteiger partial charge < -0.3 is 5.32 Å². The van der Waals surface area contributed by atoms with Crippen molar-refractivity contribution in [3.8, 4) is 0 Å². The summed E-state index contributed by atoms with van der Waals surface area (Å²) in [6.07, 6.45) is 3.04. The number of rotatable bonds is 6. The van der Waals surface area contributed by atoms with Gasteiger partial charge in [-0.15, -0.1) is 0 Å². The molecule has 1 amide bonds. The zero-order valence-electron chi connectivity index (χ0n) is 16.1. The summed E-state index contributed by atoms with van der Waals surface area (Å²) in [4.78, 5) is 13.0. The fourth-order valence-corrected chi connectivity index (χ4v) is 4.67. The average Bonchev–Trinajstić information content (AvgIpc) is 3.08. The lowest BCUT2D eigenvalue weighted by Crippen LogP contribution is -2.35. The molecule has 0 heterocycles. The van der Waals surface area contributed by atoms with Gasteiger partial charge in [0.15, 0.2) is 0 Å². The summed E-state index contributed by atoms with van der Waals surface area (Å²) in [5, 5.41) is 4.51. The van der Waals surface area contributed by atoms with Crippen LogP contribution in [-0.4, -0.2) is 12.5 Å². The van der Waals surface area contributed by atoms with Crippen LogP contribution in [0, 0.1) is 0 Å². The number of hydrogen-bond acceptors (Lipinski definition) is 1. The van der Waals surface area contributed by atoms with Gasteiger partial charge in [0.2, 0.25) is 5.91 Å². The van der Waals surface area contributed by atoms with E-state index in [0.717, 1.165) is 30.4 Å². The Morgan fingerprint density at radius 1 is 0.931 bits per heavy atom. The van der Waals surface area contributed by atoms with Crippen molar-refractivity contribution >= 4 is 29.1 Å². The molecule has 1 aliphatic carbocycles. The summed E-state index contributed by atoms with van der Waals surface area (Å²) in [7, 11) is 0. The van der Waals surface area contributed by atoms with Crippen molar-refractivity contribution in [2.24, 2.45) is 0 Å². The van der Waals surface area contributed by atoms with Crippen LogP contribution in [0.5, 0.6) is 0 Å². The van der Waals surface area contributed by atoms with E-state index >= 15 is 0 Å². The molecule has 0 fully saturated rings. The number of halogens is 2. The van der Waals surface area contributed by atoms with Gasteiger partial charge >= 0.3 is 0 Å². The fraction of sp³-hybridized carbons (Fsp3) is 0.240. The van der Waals surface area contributed by atoms with Gasteiger partial charge in [0.1, 0.15) is 0 Å². The molecule has 1 unspecified atom stereocenters. The van der Waals surface area contributed by atoms with Gasteiger partial charge in [0.05, 0.1) is 0 Å². The van der Waals surface area contributed by atoms with E-state index in [1.807, 2.05) is 54.6 Å². The number of hydrogen-bond donors (Lipinski definition) is 1. The molecule has 0 bridgehead atoms. The van der Waals surface area contributed by atoms with Crippen LogP contribution in [0.3, 0.4) is 0 Å². The molecule has 148 valence electrons. The van der Waals surface area contributed by atoms with Crippen molar-refractivity contribution in [2.45, 2.75) is 31.1 Å². The second-order valence-corrected chi connectivity index (χ2v) is 8.53. The molecule has 0 aliphatic heterocycles. The Kier molecular flexibility index (Phi) is 5.94. The number of amides is 1. The third-order valence-corrected chi connectivity index (χ3v) is 6.33. The molecule has 1 atom stereocenters. The largest absolute Gasteiger partial charge is 0.356 e. The minimum atomic E-state index is -0.373. The Balaban J connectivity index is 1.57. The molecule has 4 heteroatoms. The Morgan fingerprint density at radius 3 is 2.41 bits per heavy atom. The molecule has 29 heavy (non-hydrogen) atoms. The first-order chi connectivity index (χ1) is 14.1. The van der Waals surface area contributed by atoms with Gasteiger partial charge in [-0.2, -0.15) is 0 Å². The Morgan fingerprint density at radius 2 is 1.66 bits per heavy atom. The van der Waals surface area contributed by atoms with Gasteiger partial charge in [-0.25, -0.2) is 0 Å². The molecule has 0 saturated heterocycles. The van der Waals surface area contributed by atoms with Crippen molar-refractivity contribution < 1.29 is 4.79 Å². The van der Waals surface area contributed by atoms with Crippen molar-refractivity contribution in [3.05, 3.63) is 105 Å². The van der Waals surface area contributed by atoms with E-state index in [9.17, 15) is 4.79 Å². The zero-order valence-corrected chi connectivity index (χ0v) is 17.6. The minimum Gasteiger partial charge on any atom is -0.356 e. The molecule has 0 saturated carbocycles. The van der Waals surface area contributed by atoms with Crippen LogP contribution in [0.15, 0.2) is 72.8 Å². The highest BCUT2D eigenvalue weighted by Gasteiger charge is 2.42. The van der Waals surface area contributed by atoms with Crippen molar-refractivity contribution in [1.29, 1.82) is 0 Å². The van der Waals surface area contributed by atoms with E-state index in [-0.39, 0.29) is 11.3 Å². The predicted octanol–water partition coefficient (Wildman–Crippen LogP) is 5.97. The van der Waals surface area contributed by atoms with Gasteiger partial charge in [0.25, 0.3) is 0 Å². The third kappa shape index (κ3) is 4.34. The summed E-state index contributed by atoms with van der Waals surface area (Å²) in [6.45, 7) is 0.627. The zero-order chi connectivity index (χ0) is 20.3. The molecule has 3 aromatic carbocycles. The van der Waals surface area contributed by atoms with Crippen LogP contribution < -0.4 is 5.32 Å². The molecule has 0 aromatic heterocycles. The quantitative estimate of drug-likeness (QED) is 0.519. The van der Waals surface area contributed by atoms with Crippen LogP contribution in [0.2, 0.25) is 10.0 Å². The second-order valence-electron chi connectivity index (χ2n) is 7.65. The van der Waals surface area contributed by atoms with Gasteiger partial charge in [-0.1, -0.05) is 71.7 Å². The molecule has 0 spiro atoms. The summed E-state index contributed by atoms with van der Waals surface area (Å²) in [6, 6.07) is 24.1. The van der Waals surface area contributed by atoms with E-state index in [2.05, 4.69) is 23.5 Å². The van der Waals surface area contributed by atoms with E-state index < -0.39 is 0 Å². The van der Waals surface area contributed by atoms with E-state index in [4.69, 9.17) is 23.2 Å². The molecule has 3 aromatic rings. The Labute approximate surface area is 181 Å². The summed E-state index contributed by atoms with van der Waals surface area (Å²) >= 11 is 12.5. The molecule has 2 nitrogen and oxygen atoms in total. The lowest BCUT2D eigenvalue weighted by atomic mass is 9.72. The number of carbonyl (C=O) groups excluding carboxylic acids is 1. The van der Waals surface area contributed by atoms with Crippen LogP contribution in [0.4, 0.5) is 0 Å². The predicted molar refractivity (Wildman–Crippen MR) is 120 cm³/mol. The maximum Gasteiger partial charge on any atom is 0.221 e. The summed E-state index contributed by atoms with van der Waals surface area (Å²) < 4.78 is 0. The lowest BCUT2D eigenvalue weighted by Gasteiger charge is -2.31. The lowest BCUT2D eigenvalue weighted by molar-refractivity contribution is -0.122. The third-order valence-electron chi connectivity index (χ3n) is 5.85. The number of fused-ring (bicyclic) bond motifs is 1. The Bertz CT molecular complexity index is 1000. The smallest absolute Gasteiger partial charge is 0.221 e. The van der Waals surface area contributed by atoms with Crippen molar-refractivity contribution in [2.75, 3.05) is 6.54 Å². The standard InChI is InChI=1S/C25H23Cl2NO/c26-21-10-7-20(8-11-21)25(14-12-19-6-9-22(27)16-23(19)25)17-24(29)28-15-13-18-4-2-1-3-5-18/h1-11,16H,12-15,17H2,(H,28,29). The highest BCUT2D eigenvalue weighted by molar-refractivity contribution is 6.31. The molecule has 4 rings (SSSR count). The molecule has 1 aliphatic rings. The van der Waals surface area contributed by atoms with E-state index in [1.165, 1.54) is 11.1 Å². The molecule has 0 radical (unpaired) electrons. The second kappa shape index (κ2) is 8.61. The normalized spacial score (nSPS) is 17.7. The summed E-state index contributed by atoms with van der Waals surface area (Å²) in [5.74, 6) is 0.0590. The maximum absolute atomic E-state index is 13.0. The van der Waals surface area contributed by atoms with E-state index in [0.29, 0.717) is 23.0 Å². The summed E-state index contributed by atoms with van der Waals surface area (Å²) in [5.41, 5.74) is 4.38. The monoisotopic (exact) mass is 423 g/mol. The first-order valence-corrected chi connectivity index (χ1v) is 10.7.